The van der Waals surface area contributed by atoms with E-state index in [0.29, 0.717) is 6.04 Å². The lowest BCUT2D eigenvalue weighted by molar-refractivity contribution is 0.334. The molecule has 0 saturated heterocycles. The van der Waals surface area contributed by atoms with Gasteiger partial charge in [0.2, 0.25) is 0 Å². The number of hydrogen-bond donors (Lipinski definition) is 1. The smallest absolute Gasteiger partial charge is 0.0546 e. The van der Waals surface area contributed by atoms with E-state index in [2.05, 4.69) is 58.9 Å². The topological polar surface area (TPSA) is 29.9 Å². The number of rotatable bonds is 3. The first kappa shape index (κ1) is 13.8. The highest BCUT2D eigenvalue weighted by molar-refractivity contribution is 7.07. The predicted molar refractivity (Wildman–Crippen MR) is 84.1 cm³/mol. The number of nitrogens with zero attached hydrogens (tertiary/aromatic N) is 2. The van der Waals surface area contributed by atoms with Crippen molar-refractivity contribution in [1.29, 1.82) is 0 Å². The highest BCUT2D eigenvalue weighted by Crippen LogP contribution is 2.32. The van der Waals surface area contributed by atoms with E-state index in [1.807, 2.05) is 0 Å². The Morgan fingerprint density at radius 2 is 2.30 bits per heavy atom. The van der Waals surface area contributed by atoms with Crippen molar-refractivity contribution in [2.75, 3.05) is 0 Å². The first-order valence-corrected chi connectivity index (χ1v) is 8.32. The monoisotopic (exact) mass is 289 g/mol. The molecule has 2 aromatic heterocycles. The third-order valence-electron chi connectivity index (χ3n) is 3.95. The molecule has 3 rings (SSSR count). The maximum atomic E-state index is 4.64. The normalized spacial score (nSPS) is 19.1. The second-order valence-corrected chi connectivity index (χ2v) is 7.37. The van der Waals surface area contributed by atoms with Gasteiger partial charge in [0, 0.05) is 23.8 Å². The minimum absolute atomic E-state index is 0.0723. The number of aromatic nitrogens is 2. The molecule has 0 fully saturated rings. The average Bonchev–Trinajstić information content (AvgIpc) is 3.04. The molecule has 0 aliphatic heterocycles. The zero-order chi connectivity index (χ0) is 14.2. The van der Waals surface area contributed by atoms with E-state index < -0.39 is 0 Å². The van der Waals surface area contributed by atoms with Crippen molar-refractivity contribution in [3.05, 3.63) is 39.8 Å². The summed E-state index contributed by atoms with van der Waals surface area (Å²) in [6.07, 6.45) is 5.69. The van der Waals surface area contributed by atoms with Crippen molar-refractivity contribution in [2.45, 2.75) is 58.2 Å². The third-order valence-corrected chi connectivity index (χ3v) is 4.68. The zero-order valence-corrected chi connectivity index (χ0v) is 13.3. The second-order valence-electron chi connectivity index (χ2n) is 6.59. The fourth-order valence-electron chi connectivity index (χ4n) is 2.98. The Bertz CT molecular complexity index is 563. The Balaban J connectivity index is 1.78. The van der Waals surface area contributed by atoms with Crippen LogP contribution in [0.3, 0.4) is 0 Å². The summed E-state index contributed by atoms with van der Waals surface area (Å²) in [4.78, 5) is 0. The molecule has 0 spiro atoms. The van der Waals surface area contributed by atoms with Crippen LogP contribution in [0.2, 0.25) is 0 Å². The van der Waals surface area contributed by atoms with E-state index >= 15 is 0 Å². The Labute approximate surface area is 125 Å². The minimum atomic E-state index is 0.0723. The SMILES string of the molecule is CC(C)(C)n1ncc2c1CCC[C@H]2NCc1ccsc1. The standard InChI is InChI=1S/C16H23N3S/c1-16(2,3)19-15-6-4-5-14(13(15)10-18-19)17-9-12-7-8-20-11-12/h7-8,10-11,14,17H,4-6,9H2,1-3H3/t14-/m1/s1. The highest BCUT2D eigenvalue weighted by Gasteiger charge is 2.27. The second kappa shape index (κ2) is 5.34. The first-order chi connectivity index (χ1) is 9.55. The Kier molecular flexibility index (Phi) is 3.69. The molecule has 0 unspecified atom stereocenters. The van der Waals surface area contributed by atoms with Crippen LogP contribution in [-0.2, 0) is 18.5 Å². The lowest BCUT2D eigenvalue weighted by atomic mass is 9.92. The molecule has 1 atom stereocenters. The molecule has 1 N–H and O–H groups in total. The molecule has 4 heteroatoms. The summed E-state index contributed by atoms with van der Waals surface area (Å²) in [7, 11) is 0. The molecule has 0 bridgehead atoms. The van der Waals surface area contributed by atoms with Gasteiger partial charge in [0.25, 0.3) is 0 Å². The van der Waals surface area contributed by atoms with Crippen LogP contribution in [0.1, 0.15) is 56.5 Å². The Morgan fingerprint density at radius 3 is 3.00 bits per heavy atom. The van der Waals surface area contributed by atoms with Gasteiger partial charge in [-0.05, 0) is 62.4 Å². The molecule has 0 saturated carbocycles. The number of hydrogen-bond acceptors (Lipinski definition) is 3. The van der Waals surface area contributed by atoms with E-state index in [0.717, 1.165) is 13.0 Å². The molecule has 2 heterocycles. The van der Waals surface area contributed by atoms with E-state index in [-0.39, 0.29) is 5.54 Å². The largest absolute Gasteiger partial charge is 0.306 e. The third kappa shape index (κ3) is 2.67. The molecular formula is C16H23N3S. The maximum absolute atomic E-state index is 4.64. The predicted octanol–water partition coefficient (Wildman–Crippen LogP) is 3.87. The molecule has 20 heavy (non-hydrogen) atoms. The highest BCUT2D eigenvalue weighted by atomic mass is 32.1. The van der Waals surface area contributed by atoms with E-state index in [9.17, 15) is 0 Å². The van der Waals surface area contributed by atoms with E-state index in [4.69, 9.17) is 0 Å². The van der Waals surface area contributed by atoms with Gasteiger partial charge in [0.1, 0.15) is 0 Å². The molecule has 2 aromatic rings. The molecule has 0 aromatic carbocycles. The molecule has 1 aliphatic rings. The van der Waals surface area contributed by atoms with Crippen molar-refractivity contribution in [2.24, 2.45) is 0 Å². The summed E-state index contributed by atoms with van der Waals surface area (Å²) in [6.45, 7) is 7.63. The molecule has 0 radical (unpaired) electrons. The van der Waals surface area contributed by atoms with Gasteiger partial charge in [-0.25, -0.2) is 0 Å². The van der Waals surface area contributed by atoms with Gasteiger partial charge in [-0.2, -0.15) is 16.4 Å². The van der Waals surface area contributed by atoms with Crippen LogP contribution >= 0.6 is 11.3 Å². The van der Waals surface area contributed by atoms with Crippen molar-refractivity contribution < 1.29 is 0 Å². The molecule has 0 amide bonds. The fourth-order valence-corrected chi connectivity index (χ4v) is 3.65. The van der Waals surface area contributed by atoms with E-state index in [1.54, 1.807) is 11.3 Å². The summed E-state index contributed by atoms with van der Waals surface area (Å²) < 4.78 is 2.21. The van der Waals surface area contributed by atoms with Crippen LogP contribution in [0.4, 0.5) is 0 Å². The van der Waals surface area contributed by atoms with Crippen LogP contribution in [0.15, 0.2) is 23.0 Å². The van der Waals surface area contributed by atoms with Gasteiger partial charge in [-0.15, -0.1) is 0 Å². The fraction of sp³-hybridized carbons (Fsp3) is 0.562. The van der Waals surface area contributed by atoms with Crippen LogP contribution < -0.4 is 5.32 Å². The van der Waals surface area contributed by atoms with Crippen LogP contribution in [0, 0.1) is 0 Å². The zero-order valence-electron chi connectivity index (χ0n) is 12.5. The summed E-state index contributed by atoms with van der Waals surface area (Å²) >= 11 is 1.76. The number of thiophene rings is 1. The Morgan fingerprint density at radius 1 is 1.45 bits per heavy atom. The summed E-state index contributed by atoms with van der Waals surface area (Å²) in [6, 6.07) is 2.65. The quantitative estimate of drug-likeness (QED) is 0.929. The Hall–Kier alpha value is -1.13. The van der Waals surface area contributed by atoms with Crippen LogP contribution in [0.25, 0.3) is 0 Å². The minimum Gasteiger partial charge on any atom is -0.306 e. The van der Waals surface area contributed by atoms with Crippen molar-refractivity contribution in [3.8, 4) is 0 Å². The summed E-state index contributed by atoms with van der Waals surface area (Å²) in [5.74, 6) is 0. The average molecular weight is 289 g/mol. The molecule has 3 nitrogen and oxygen atoms in total. The van der Waals surface area contributed by atoms with Gasteiger partial charge >= 0.3 is 0 Å². The van der Waals surface area contributed by atoms with Crippen LogP contribution in [-0.4, -0.2) is 9.78 Å². The molecular weight excluding hydrogens is 266 g/mol. The molecule has 1 aliphatic carbocycles. The van der Waals surface area contributed by atoms with Crippen molar-refractivity contribution >= 4 is 11.3 Å². The summed E-state index contributed by atoms with van der Waals surface area (Å²) in [5, 5.41) is 12.7. The summed E-state index contributed by atoms with van der Waals surface area (Å²) in [5.41, 5.74) is 4.28. The number of nitrogens with one attached hydrogen (secondary N) is 1. The van der Waals surface area contributed by atoms with Crippen LogP contribution in [0.5, 0.6) is 0 Å². The lowest BCUT2D eigenvalue weighted by Crippen LogP contribution is -2.29. The number of fused-ring (bicyclic) bond motifs is 1. The van der Waals surface area contributed by atoms with Gasteiger partial charge in [-0.1, -0.05) is 0 Å². The van der Waals surface area contributed by atoms with E-state index in [1.165, 1.54) is 29.7 Å². The lowest BCUT2D eigenvalue weighted by Gasteiger charge is -2.28. The van der Waals surface area contributed by atoms with Gasteiger partial charge in [0.05, 0.1) is 11.7 Å². The molecule has 108 valence electrons. The van der Waals surface area contributed by atoms with Crippen molar-refractivity contribution in [3.63, 3.8) is 0 Å². The van der Waals surface area contributed by atoms with Gasteiger partial charge < -0.3 is 5.32 Å². The maximum Gasteiger partial charge on any atom is 0.0546 e. The van der Waals surface area contributed by atoms with Gasteiger partial charge in [-0.3, -0.25) is 4.68 Å². The van der Waals surface area contributed by atoms with Crippen molar-refractivity contribution in [1.82, 2.24) is 15.1 Å². The first-order valence-electron chi connectivity index (χ1n) is 7.37. The van der Waals surface area contributed by atoms with Gasteiger partial charge in [0.15, 0.2) is 0 Å².